The molecule has 1 amide bonds. The highest BCUT2D eigenvalue weighted by Crippen LogP contribution is 2.28. The van der Waals surface area contributed by atoms with Gasteiger partial charge in [-0.1, -0.05) is 35.4 Å². The van der Waals surface area contributed by atoms with E-state index in [1.165, 1.54) is 5.57 Å². The first kappa shape index (κ1) is 16.1. The lowest BCUT2D eigenvalue weighted by Crippen LogP contribution is -2.11. The molecule has 3 nitrogen and oxygen atoms in total. The van der Waals surface area contributed by atoms with Crippen LogP contribution in [-0.4, -0.2) is 12.5 Å². The van der Waals surface area contributed by atoms with Gasteiger partial charge in [0.15, 0.2) is 0 Å². The van der Waals surface area contributed by atoms with Crippen LogP contribution in [0.4, 0.5) is 5.69 Å². The van der Waals surface area contributed by atoms with Gasteiger partial charge in [0.1, 0.15) is 12.4 Å². The van der Waals surface area contributed by atoms with Crippen LogP contribution in [0.2, 0.25) is 5.02 Å². The van der Waals surface area contributed by atoms with Crippen LogP contribution in [0.25, 0.3) is 0 Å². The Morgan fingerprint density at radius 3 is 2.59 bits per heavy atom. The van der Waals surface area contributed by atoms with Gasteiger partial charge in [-0.3, -0.25) is 4.79 Å². The molecule has 0 atom stereocenters. The largest absolute Gasteiger partial charge is 0.488 e. The van der Waals surface area contributed by atoms with Crippen molar-refractivity contribution in [2.75, 3.05) is 11.9 Å². The molecule has 0 heterocycles. The summed E-state index contributed by atoms with van der Waals surface area (Å²) >= 11 is 6.11. The summed E-state index contributed by atoms with van der Waals surface area (Å²) < 4.78 is 5.62. The Hall–Kier alpha value is -2.26. The van der Waals surface area contributed by atoms with Crippen LogP contribution in [0.1, 0.15) is 24.2 Å². The number of allylic oxidation sites excluding steroid dienone is 1. The highest BCUT2D eigenvalue weighted by molar-refractivity contribution is 6.32. The van der Waals surface area contributed by atoms with E-state index in [-0.39, 0.29) is 5.91 Å². The van der Waals surface area contributed by atoms with Crippen LogP contribution in [0.15, 0.2) is 60.2 Å². The van der Waals surface area contributed by atoms with Crippen LogP contribution >= 0.6 is 11.6 Å². The maximum atomic E-state index is 12.1. The van der Waals surface area contributed by atoms with Crippen molar-refractivity contribution in [1.82, 2.24) is 0 Å². The van der Waals surface area contributed by atoms with Crippen molar-refractivity contribution in [2.45, 2.75) is 13.8 Å². The van der Waals surface area contributed by atoms with E-state index in [2.05, 4.69) is 5.32 Å². The SMILES string of the molecule is CC(C)=CCOc1cc(NC(=O)c2ccccc2)ccc1Cl. The van der Waals surface area contributed by atoms with Gasteiger partial charge in [-0.05, 0) is 44.2 Å². The summed E-state index contributed by atoms with van der Waals surface area (Å²) in [6.45, 7) is 4.45. The first-order chi connectivity index (χ1) is 10.6. The lowest BCUT2D eigenvalue weighted by atomic mass is 10.2. The monoisotopic (exact) mass is 315 g/mol. The summed E-state index contributed by atoms with van der Waals surface area (Å²) in [5, 5.41) is 3.35. The molecule has 0 aromatic heterocycles. The molecule has 0 fully saturated rings. The Kier molecular flexibility index (Phi) is 5.61. The maximum absolute atomic E-state index is 12.1. The summed E-state index contributed by atoms with van der Waals surface area (Å²) in [6, 6.07) is 14.2. The van der Waals surface area contributed by atoms with E-state index in [0.29, 0.717) is 28.6 Å². The molecule has 0 saturated carbocycles. The summed E-state index contributed by atoms with van der Waals surface area (Å²) in [6.07, 6.45) is 1.96. The number of halogens is 1. The molecule has 4 heteroatoms. The van der Waals surface area contributed by atoms with Crippen molar-refractivity contribution in [2.24, 2.45) is 0 Å². The zero-order valence-electron chi connectivity index (χ0n) is 12.6. The Morgan fingerprint density at radius 2 is 1.91 bits per heavy atom. The normalized spacial score (nSPS) is 9.95. The smallest absolute Gasteiger partial charge is 0.255 e. The quantitative estimate of drug-likeness (QED) is 0.794. The summed E-state index contributed by atoms with van der Waals surface area (Å²) in [7, 11) is 0. The van der Waals surface area contributed by atoms with E-state index < -0.39 is 0 Å². The van der Waals surface area contributed by atoms with Gasteiger partial charge >= 0.3 is 0 Å². The number of carbonyl (C=O) groups is 1. The molecule has 0 aliphatic carbocycles. The van der Waals surface area contributed by atoms with Crippen molar-refractivity contribution in [3.63, 3.8) is 0 Å². The highest BCUT2D eigenvalue weighted by atomic mass is 35.5. The number of ether oxygens (including phenoxy) is 1. The van der Waals surface area contributed by atoms with Gasteiger partial charge in [0.25, 0.3) is 5.91 Å². The van der Waals surface area contributed by atoms with Crippen LogP contribution in [0.3, 0.4) is 0 Å². The molecule has 2 rings (SSSR count). The first-order valence-corrected chi connectivity index (χ1v) is 7.36. The van der Waals surface area contributed by atoms with Crippen LogP contribution in [0, 0.1) is 0 Å². The second-order valence-electron chi connectivity index (χ2n) is 5.06. The first-order valence-electron chi connectivity index (χ1n) is 6.98. The van der Waals surface area contributed by atoms with Gasteiger partial charge in [-0.15, -0.1) is 0 Å². The lowest BCUT2D eigenvalue weighted by molar-refractivity contribution is 0.102. The number of nitrogens with one attached hydrogen (secondary N) is 1. The fourth-order valence-corrected chi connectivity index (χ4v) is 1.95. The summed E-state index contributed by atoms with van der Waals surface area (Å²) in [4.78, 5) is 12.1. The van der Waals surface area contributed by atoms with Crippen molar-refractivity contribution in [1.29, 1.82) is 0 Å². The Bertz CT molecular complexity index is 677. The molecule has 22 heavy (non-hydrogen) atoms. The van der Waals surface area contributed by atoms with Gasteiger partial charge in [-0.25, -0.2) is 0 Å². The molecule has 0 aliphatic heterocycles. The molecular weight excluding hydrogens is 298 g/mol. The minimum Gasteiger partial charge on any atom is -0.488 e. The summed E-state index contributed by atoms with van der Waals surface area (Å²) in [5.74, 6) is 0.378. The molecule has 0 bridgehead atoms. The van der Waals surface area contributed by atoms with Gasteiger partial charge in [0.05, 0.1) is 5.02 Å². The third-order valence-electron chi connectivity index (χ3n) is 2.96. The zero-order chi connectivity index (χ0) is 15.9. The fourth-order valence-electron chi connectivity index (χ4n) is 1.78. The van der Waals surface area contributed by atoms with Crippen molar-refractivity contribution >= 4 is 23.2 Å². The van der Waals surface area contributed by atoms with Gasteiger partial charge in [0, 0.05) is 17.3 Å². The standard InChI is InChI=1S/C18H18ClNO2/c1-13(2)10-11-22-17-12-15(8-9-16(17)19)20-18(21)14-6-4-3-5-7-14/h3-10,12H,11H2,1-2H3,(H,20,21). The van der Waals surface area contributed by atoms with Gasteiger partial charge in [0.2, 0.25) is 0 Å². The van der Waals surface area contributed by atoms with Crippen molar-refractivity contribution < 1.29 is 9.53 Å². The highest BCUT2D eigenvalue weighted by Gasteiger charge is 2.08. The predicted octanol–water partition coefficient (Wildman–Crippen LogP) is 4.94. The number of hydrogen-bond acceptors (Lipinski definition) is 2. The molecule has 0 saturated heterocycles. The number of hydrogen-bond donors (Lipinski definition) is 1. The van der Waals surface area contributed by atoms with Crippen molar-refractivity contribution in [3.8, 4) is 5.75 Å². The third kappa shape index (κ3) is 4.64. The molecule has 2 aromatic rings. The molecular formula is C18H18ClNO2. The topological polar surface area (TPSA) is 38.3 Å². The third-order valence-corrected chi connectivity index (χ3v) is 3.27. The fraction of sp³-hybridized carbons (Fsp3) is 0.167. The van der Waals surface area contributed by atoms with Crippen LogP contribution < -0.4 is 10.1 Å². The minimum absolute atomic E-state index is 0.168. The van der Waals surface area contributed by atoms with E-state index in [1.54, 1.807) is 30.3 Å². The van der Waals surface area contributed by atoms with Gasteiger partial charge in [-0.2, -0.15) is 0 Å². The molecule has 1 N–H and O–H groups in total. The van der Waals surface area contributed by atoms with E-state index in [0.717, 1.165) is 0 Å². The number of anilines is 1. The minimum atomic E-state index is -0.168. The molecule has 2 aromatic carbocycles. The lowest BCUT2D eigenvalue weighted by Gasteiger charge is -2.10. The average Bonchev–Trinajstić information content (AvgIpc) is 2.51. The predicted molar refractivity (Wildman–Crippen MR) is 90.8 cm³/mol. The number of amides is 1. The second kappa shape index (κ2) is 7.66. The molecule has 0 spiro atoms. The number of benzene rings is 2. The van der Waals surface area contributed by atoms with Gasteiger partial charge < -0.3 is 10.1 Å². The number of rotatable bonds is 5. The Morgan fingerprint density at radius 1 is 1.18 bits per heavy atom. The maximum Gasteiger partial charge on any atom is 0.255 e. The number of carbonyl (C=O) groups excluding carboxylic acids is 1. The molecule has 0 unspecified atom stereocenters. The van der Waals surface area contributed by atoms with Crippen molar-refractivity contribution in [3.05, 3.63) is 70.8 Å². The van der Waals surface area contributed by atoms with E-state index >= 15 is 0 Å². The van der Waals surface area contributed by atoms with Crippen LogP contribution in [-0.2, 0) is 0 Å². The summed E-state index contributed by atoms with van der Waals surface area (Å²) in [5.41, 5.74) is 2.42. The molecule has 0 radical (unpaired) electrons. The molecule has 0 aliphatic rings. The van der Waals surface area contributed by atoms with E-state index in [9.17, 15) is 4.79 Å². The average molecular weight is 316 g/mol. The Labute approximate surface area is 135 Å². The van der Waals surface area contributed by atoms with E-state index in [1.807, 2.05) is 38.1 Å². The second-order valence-corrected chi connectivity index (χ2v) is 5.47. The molecule has 114 valence electrons. The zero-order valence-corrected chi connectivity index (χ0v) is 13.4. The van der Waals surface area contributed by atoms with E-state index in [4.69, 9.17) is 16.3 Å². The van der Waals surface area contributed by atoms with Crippen LogP contribution in [0.5, 0.6) is 5.75 Å². The Balaban J connectivity index is 2.09.